The van der Waals surface area contributed by atoms with E-state index in [0.717, 1.165) is 0 Å². The molecule has 1 aromatic carbocycles. The Morgan fingerprint density at radius 3 is 2.31 bits per heavy atom. The van der Waals surface area contributed by atoms with Crippen LogP contribution in [0.1, 0.15) is 38.1 Å². The maximum atomic E-state index is 12.1. The number of amides is 3. The number of halogens is 1. The van der Waals surface area contributed by atoms with Crippen LogP contribution in [0.15, 0.2) is 18.2 Å². The molecule has 0 saturated heterocycles. The number of carbonyl (C=O) groups excluding carboxylic acids is 3. The third-order valence-electron chi connectivity index (χ3n) is 3.61. The normalized spacial score (nSPS) is 12.0. The molecule has 0 unspecified atom stereocenters. The van der Waals surface area contributed by atoms with Gasteiger partial charge in [0.1, 0.15) is 0 Å². The fourth-order valence-electron chi connectivity index (χ4n) is 1.96. The largest absolute Gasteiger partial charge is 0.352 e. The van der Waals surface area contributed by atoms with Crippen LogP contribution in [-0.4, -0.2) is 36.9 Å². The molecule has 0 heterocycles. The van der Waals surface area contributed by atoms with Gasteiger partial charge < -0.3 is 21.7 Å². The van der Waals surface area contributed by atoms with Crippen molar-refractivity contribution in [3.8, 4) is 0 Å². The summed E-state index contributed by atoms with van der Waals surface area (Å²) in [5.74, 6) is -0.759. The lowest BCUT2D eigenvalue weighted by Crippen LogP contribution is -2.46. The summed E-state index contributed by atoms with van der Waals surface area (Å²) in [6.07, 6.45) is 0. The molecule has 0 fully saturated rings. The van der Waals surface area contributed by atoms with Crippen LogP contribution in [-0.2, 0) is 9.59 Å². The highest BCUT2D eigenvalue weighted by Gasteiger charge is 2.18. The van der Waals surface area contributed by atoms with Crippen molar-refractivity contribution in [1.29, 1.82) is 0 Å². The van der Waals surface area contributed by atoms with Gasteiger partial charge in [-0.25, -0.2) is 0 Å². The zero-order valence-electron chi connectivity index (χ0n) is 15.6. The molecular formula is C18H27ClN4O3. The van der Waals surface area contributed by atoms with Gasteiger partial charge in [-0.05, 0) is 30.0 Å². The zero-order valence-corrected chi connectivity index (χ0v) is 16.3. The topological polar surface area (TPSA) is 113 Å². The van der Waals surface area contributed by atoms with E-state index in [4.69, 9.17) is 17.3 Å². The molecule has 144 valence electrons. The predicted molar refractivity (Wildman–Crippen MR) is 103 cm³/mol. The summed E-state index contributed by atoms with van der Waals surface area (Å²) >= 11 is 6.13. The van der Waals surface area contributed by atoms with Gasteiger partial charge in [0.05, 0.1) is 23.2 Å². The minimum Gasteiger partial charge on any atom is -0.352 e. The molecular weight excluding hydrogens is 356 g/mol. The Balaban J connectivity index is 2.60. The summed E-state index contributed by atoms with van der Waals surface area (Å²) in [5, 5.41) is 8.11. The number of hydrogen-bond donors (Lipinski definition) is 4. The van der Waals surface area contributed by atoms with Crippen LogP contribution < -0.4 is 21.7 Å². The monoisotopic (exact) mass is 382 g/mol. The molecule has 0 radical (unpaired) electrons. The molecule has 1 rings (SSSR count). The van der Waals surface area contributed by atoms with E-state index >= 15 is 0 Å². The van der Waals surface area contributed by atoms with Gasteiger partial charge in [-0.15, -0.1) is 0 Å². The van der Waals surface area contributed by atoms with Crippen LogP contribution in [0.2, 0.25) is 5.02 Å². The second kappa shape index (κ2) is 10.1. The van der Waals surface area contributed by atoms with Crippen molar-refractivity contribution >= 4 is 35.0 Å². The van der Waals surface area contributed by atoms with Gasteiger partial charge in [-0.3, -0.25) is 14.4 Å². The average molecular weight is 383 g/mol. The first-order valence-electron chi connectivity index (χ1n) is 8.52. The molecule has 5 N–H and O–H groups in total. The van der Waals surface area contributed by atoms with Gasteiger partial charge in [0.25, 0.3) is 5.91 Å². The number of nitrogens with one attached hydrogen (secondary N) is 3. The third kappa shape index (κ3) is 7.01. The van der Waals surface area contributed by atoms with E-state index in [1.54, 1.807) is 12.1 Å². The Hall–Kier alpha value is -2.12. The molecule has 0 aromatic heterocycles. The number of benzene rings is 1. The van der Waals surface area contributed by atoms with Crippen molar-refractivity contribution in [3.05, 3.63) is 28.8 Å². The molecule has 26 heavy (non-hydrogen) atoms. The molecule has 8 heteroatoms. The van der Waals surface area contributed by atoms with Gasteiger partial charge in [0.15, 0.2) is 0 Å². The predicted octanol–water partition coefficient (Wildman–Crippen LogP) is 1.76. The molecule has 3 amide bonds. The highest BCUT2D eigenvalue weighted by Crippen LogP contribution is 2.21. The Morgan fingerprint density at radius 2 is 1.77 bits per heavy atom. The van der Waals surface area contributed by atoms with Crippen molar-refractivity contribution in [2.75, 3.05) is 18.4 Å². The first-order valence-corrected chi connectivity index (χ1v) is 8.90. The molecule has 0 saturated carbocycles. The zero-order chi connectivity index (χ0) is 19.9. The Kier molecular flexibility index (Phi) is 8.54. The summed E-state index contributed by atoms with van der Waals surface area (Å²) < 4.78 is 0. The first kappa shape index (κ1) is 21.9. The molecule has 1 atom stereocenters. The average Bonchev–Trinajstić information content (AvgIpc) is 2.56. The number of nitrogens with two attached hydrogens (primary N) is 1. The Labute approximate surface area is 159 Å². The quantitative estimate of drug-likeness (QED) is 0.548. The summed E-state index contributed by atoms with van der Waals surface area (Å²) in [7, 11) is 0. The number of anilines is 1. The summed E-state index contributed by atoms with van der Waals surface area (Å²) in [6, 6.07) is 3.95. The lowest BCUT2D eigenvalue weighted by atomic mass is 10.1. The van der Waals surface area contributed by atoms with Gasteiger partial charge >= 0.3 is 0 Å². The van der Waals surface area contributed by atoms with Crippen LogP contribution in [0, 0.1) is 11.8 Å². The van der Waals surface area contributed by atoms with Crippen LogP contribution >= 0.6 is 11.6 Å². The molecule has 0 aliphatic carbocycles. The second-order valence-electron chi connectivity index (χ2n) is 6.83. The van der Waals surface area contributed by atoms with E-state index in [1.807, 2.05) is 27.7 Å². The number of rotatable bonds is 8. The highest BCUT2D eigenvalue weighted by atomic mass is 35.5. The van der Waals surface area contributed by atoms with E-state index in [2.05, 4.69) is 16.0 Å². The lowest BCUT2D eigenvalue weighted by Gasteiger charge is -2.15. The molecule has 7 nitrogen and oxygen atoms in total. The molecule has 0 aliphatic rings. The SMILES string of the molecule is CC(C)CNC(=O)c1ccc(NC(=O)CNC(=O)[C@@H](N)C(C)C)cc1Cl. The van der Waals surface area contributed by atoms with E-state index in [9.17, 15) is 14.4 Å². The first-order chi connectivity index (χ1) is 12.1. The van der Waals surface area contributed by atoms with E-state index in [0.29, 0.717) is 23.7 Å². The molecule has 0 aliphatic heterocycles. The van der Waals surface area contributed by atoms with Gasteiger partial charge in [0.2, 0.25) is 11.8 Å². The minimum atomic E-state index is -0.666. The van der Waals surface area contributed by atoms with E-state index in [-0.39, 0.29) is 29.3 Å². The van der Waals surface area contributed by atoms with Crippen LogP contribution in [0.4, 0.5) is 5.69 Å². The van der Waals surface area contributed by atoms with Crippen molar-refractivity contribution in [1.82, 2.24) is 10.6 Å². The number of hydrogen-bond acceptors (Lipinski definition) is 4. The van der Waals surface area contributed by atoms with Crippen LogP contribution in [0.5, 0.6) is 0 Å². The summed E-state index contributed by atoms with van der Waals surface area (Å²) in [4.78, 5) is 35.7. The minimum absolute atomic E-state index is 0.0220. The molecule has 0 bridgehead atoms. The Morgan fingerprint density at radius 1 is 1.12 bits per heavy atom. The third-order valence-corrected chi connectivity index (χ3v) is 3.93. The van der Waals surface area contributed by atoms with Gasteiger partial charge in [0, 0.05) is 12.2 Å². The van der Waals surface area contributed by atoms with Gasteiger partial charge in [-0.1, -0.05) is 39.3 Å². The number of carbonyl (C=O) groups is 3. The second-order valence-corrected chi connectivity index (χ2v) is 7.24. The Bertz CT molecular complexity index is 662. The maximum absolute atomic E-state index is 12.1. The van der Waals surface area contributed by atoms with Crippen molar-refractivity contribution in [3.63, 3.8) is 0 Å². The lowest BCUT2D eigenvalue weighted by molar-refractivity contribution is -0.125. The van der Waals surface area contributed by atoms with E-state index < -0.39 is 11.9 Å². The smallest absolute Gasteiger partial charge is 0.252 e. The maximum Gasteiger partial charge on any atom is 0.252 e. The van der Waals surface area contributed by atoms with E-state index in [1.165, 1.54) is 6.07 Å². The van der Waals surface area contributed by atoms with Crippen molar-refractivity contribution < 1.29 is 14.4 Å². The van der Waals surface area contributed by atoms with Gasteiger partial charge in [-0.2, -0.15) is 0 Å². The molecule has 0 spiro atoms. The van der Waals surface area contributed by atoms with Crippen molar-refractivity contribution in [2.24, 2.45) is 17.6 Å². The fraction of sp³-hybridized carbons (Fsp3) is 0.500. The standard InChI is InChI=1S/C18H27ClN4O3/c1-10(2)8-21-17(25)13-6-5-12(7-14(13)19)23-15(24)9-22-18(26)16(20)11(3)4/h5-7,10-11,16H,8-9,20H2,1-4H3,(H,21,25)(H,22,26)(H,23,24)/t16-/m0/s1. The highest BCUT2D eigenvalue weighted by molar-refractivity contribution is 6.34. The summed E-state index contributed by atoms with van der Waals surface area (Å²) in [5.41, 5.74) is 6.48. The fourth-order valence-corrected chi connectivity index (χ4v) is 2.23. The van der Waals surface area contributed by atoms with Crippen LogP contribution in [0.25, 0.3) is 0 Å². The summed E-state index contributed by atoms with van der Waals surface area (Å²) in [6.45, 7) is 7.98. The van der Waals surface area contributed by atoms with Crippen LogP contribution in [0.3, 0.4) is 0 Å². The van der Waals surface area contributed by atoms with Crippen molar-refractivity contribution in [2.45, 2.75) is 33.7 Å². The molecule has 1 aromatic rings.